The van der Waals surface area contributed by atoms with Gasteiger partial charge in [0.2, 0.25) is 0 Å². The molecule has 0 aromatic rings. The van der Waals surface area contributed by atoms with Crippen molar-refractivity contribution in [1.82, 2.24) is 0 Å². The lowest BCUT2D eigenvalue weighted by molar-refractivity contribution is 1.67. The maximum Gasteiger partial charge on any atom is 0.0150 e. The van der Waals surface area contributed by atoms with Crippen LogP contribution in [0, 0.1) is 0 Å². The molecule has 7 heavy (non-hydrogen) atoms. The van der Waals surface area contributed by atoms with Crippen LogP contribution in [0.15, 0.2) is 22.7 Å². The Hall–Kier alpha value is 0.0600. The highest BCUT2D eigenvalue weighted by Crippen LogP contribution is 1.97. The van der Waals surface area contributed by atoms with Gasteiger partial charge in [-0.3, -0.25) is 0 Å². The first-order valence-corrected chi connectivity index (χ1v) is 2.68. The monoisotopic (exact) mass is 136 g/mol. The van der Waals surface area contributed by atoms with Crippen LogP contribution in [0.25, 0.3) is 0 Å². The van der Waals surface area contributed by atoms with Gasteiger partial charge in [-0.15, -0.1) is 0 Å². The summed E-state index contributed by atoms with van der Waals surface area (Å²) in [6, 6.07) is 0. The molecule has 0 amide bonds. The Bertz CT molecular complexity index is 88.3. The fourth-order valence-electron chi connectivity index (χ4n) is 0.169. The van der Waals surface area contributed by atoms with Crippen LogP contribution in [0.2, 0.25) is 0 Å². The highest BCUT2D eigenvalue weighted by atomic mass is 35.5. The topological polar surface area (TPSA) is 0 Å². The fraction of sp³-hybridized carbons (Fsp3) is 0.200. The maximum atomic E-state index is 5.41. The van der Waals surface area contributed by atoms with Crippen LogP contribution in [0.4, 0.5) is 0 Å². The minimum Gasteiger partial charge on any atom is -0.0930 e. The van der Waals surface area contributed by atoms with E-state index in [-0.39, 0.29) is 0 Å². The largest absolute Gasteiger partial charge is 0.0930 e. The van der Waals surface area contributed by atoms with E-state index < -0.39 is 0 Å². The normalized spacial score (nSPS) is 13.3. The van der Waals surface area contributed by atoms with Crippen molar-refractivity contribution in [2.75, 3.05) is 0 Å². The zero-order valence-electron chi connectivity index (χ0n) is 3.99. The van der Waals surface area contributed by atoms with Crippen LogP contribution in [0.3, 0.4) is 0 Å². The smallest absolute Gasteiger partial charge is 0.0150 e. The van der Waals surface area contributed by atoms with Crippen molar-refractivity contribution in [3.63, 3.8) is 0 Å². The molecule has 2 heteroatoms. The van der Waals surface area contributed by atoms with Gasteiger partial charge >= 0.3 is 0 Å². The van der Waals surface area contributed by atoms with E-state index >= 15 is 0 Å². The molecule has 0 aromatic carbocycles. The van der Waals surface area contributed by atoms with Crippen LogP contribution < -0.4 is 0 Å². The zero-order chi connectivity index (χ0) is 5.70. The van der Waals surface area contributed by atoms with Crippen molar-refractivity contribution < 1.29 is 0 Å². The molecule has 40 valence electrons. The Morgan fingerprint density at radius 2 is 2.14 bits per heavy atom. The van der Waals surface area contributed by atoms with Gasteiger partial charge < -0.3 is 0 Å². The molecule has 0 N–H and O–H groups in total. The molecule has 0 saturated heterocycles. The second-order valence-electron chi connectivity index (χ2n) is 1.07. The van der Waals surface area contributed by atoms with E-state index in [2.05, 4.69) is 0 Å². The molecule has 0 aliphatic carbocycles. The first-order valence-electron chi connectivity index (χ1n) is 1.86. The Morgan fingerprint density at radius 3 is 2.29 bits per heavy atom. The predicted molar refractivity (Wildman–Crippen MR) is 34.6 cm³/mol. The highest BCUT2D eigenvalue weighted by molar-refractivity contribution is 6.29. The van der Waals surface area contributed by atoms with Crippen LogP contribution in [0.5, 0.6) is 0 Å². The van der Waals surface area contributed by atoms with E-state index in [4.69, 9.17) is 23.2 Å². The van der Waals surface area contributed by atoms with Crippen molar-refractivity contribution in [3.8, 4) is 0 Å². The predicted octanol–water partition coefficient (Wildman–Crippen LogP) is 2.88. The van der Waals surface area contributed by atoms with Gasteiger partial charge in [0.05, 0.1) is 0 Å². The van der Waals surface area contributed by atoms with Crippen LogP contribution in [-0.4, -0.2) is 0 Å². The lowest BCUT2D eigenvalue weighted by Crippen LogP contribution is -1.50. The molecular weight excluding hydrogens is 131 g/mol. The Balaban J connectivity index is 3.46. The minimum atomic E-state index is 0.733. The summed E-state index contributed by atoms with van der Waals surface area (Å²) in [4.78, 5) is 0. The average Bonchev–Trinajstić information content (AvgIpc) is 1.61. The van der Waals surface area contributed by atoms with Crippen molar-refractivity contribution in [1.29, 1.82) is 0 Å². The van der Waals surface area contributed by atoms with Crippen molar-refractivity contribution >= 4 is 23.2 Å². The van der Waals surface area contributed by atoms with E-state index in [0.29, 0.717) is 0 Å². The Morgan fingerprint density at radius 1 is 1.57 bits per heavy atom. The number of halogens is 2. The quantitative estimate of drug-likeness (QED) is 0.487. The van der Waals surface area contributed by atoms with Gasteiger partial charge in [0.25, 0.3) is 0 Å². The molecule has 0 fully saturated rings. The van der Waals surface area contributed by atoms with Gasteiger partial charge in [-0.2, -0.15) is 0 Å². The summed E-state index contributed by atoms with van der Waals surface area (Å²) in [7, 11) is 0. The first-order chi connectivity index (χ1) is 3.27. The third-order valence-electron chi connectivity index (χ3n) is 0.399. The lowest BCUT2D eigenvalue weighted by atomic mass is 10.5. The summed E-state index contributed by atoms with van der Waals surface area (Å²) in [5.74, 6) is 0. The fourth-order valence-corrected chi connectivity index (χ4v) is 0.314. The van der Waals surface area contributed by atoms with Crippen molar-refractivity contribution in [2.45, 2.75) is 6.92 Å². The highest BCUT2D eigenvalue weighted by Gasteiger charge is 1.69. The van der Waals surface area contributed by atoms with Gasteiger partial charge in [-0.1, -0.05) is 23.2 Å². The lowest BCUT2D eigenvalue weighted by Gasteiger charge is -1.74. The number of rotatable bonds is 1. The molecule has 0 aliphatic heterocycles. The van der Waals surface area contributed by atoms with Crippen molar-refractivity contribution in [3.05, 3.63) is 22.7 Å². The summed E-state index contributed by atoms with van der Waals surface area (Å²) >= 11 is 10.6. The molecule has 0 saturated carbocycles. The Kier molecular flexibility index (Phi) is 4.26. The van der Waals surface area contributed by atoms with Gasteiger partial charge in [-0.05, 0) is 19.1 Å². The van der Waals surface area contributed by atoms with Crippen LogP contribution in [-0.2, 0) is 0 Å². The summed E-state index contributed by atoms with van der Waals surface area (Å²) in [5, 5.41) is 0.733. The van der Waals surface area contributed by atoms with Gasteiger partial charge in [-0.25, -0.2) is 0 Å². The van der Waals surface area contributed by atoms with E-state index in [1.54, 1.807) is 19.1 Å². The molecule has 0 bridgehead atoms. The van der Waals surface area contributed by atoms with Gasteiger partial charge in [0.1, 0.15) is 0 Å². The molecule has 0 aromatic heterocycles. The Labute approximate surface area is 53.4 Å². The molecule has 0 heterocycles. The molecule has 0 unspecified atom stereocenters. The summed E-state index contributed by atoms with van der Waals surface area (Å²) < 4.78 is 0. The van der Waals surface area contributed by atoms with Crippen LogP contribution >= 0.6 is 23.2 Å². The number of allylic oxidation sites excluding steroid dienone is 3. The van der Waals surface area contributed by atoms with Crippen molar-refractivity contribution in [2.24, 2.45) is 0 Å². The second-order valence-corrected chi connectivity index (χ2v) is 1.92. The molecule has 0 rings (SSSR count). The SMILES string of the molecule is C/C(Cl)=C\C=C/Cl. The third kappa shape index (κ3) is 6.06. The van der Waals surface area contributed by atoms with Gasteiger partial charge in [0, 0.05) is 10.6 Å². The van der Waals surface area contributed by atoms with E-state index in [1.807, 2.05) is 0 Å². The maximum absolute atomic E-state index is 5.41. The third-order valence-corrected chi connectivity index (χ3v) is 0.670. The number of hydrogen-bond acceptors (Lipinski definition) is 0. The molecule has 0 aliphatic rings. The van der Waals surface area contributed by atoms with E-state index in [9.17, 15) is 0 Å². The van der Waals surface area contributed by atoms with Crippen LogP contribution in [0.1, 0.15) is 6.92 Å². The molecule has 0 nitrogen and oxygen atoms in total. The summed E-state index contributed by atoms with van der Waals surface area (Å²) in [5.41, 5.74) is 1.41. The van der Waals surface area contributed by atoms with Gasteiger partial charge in [0.15, 0.2) is 0 Å². The molecule has 0 radical (unpaired) electrons. The number of hydrogen-bond donors (Lipinski definition) is 0. The standard InChI is InChI=1S/C5H6Cl2/c1-5(7)3-2-4-6/h2-4H,1H3/b4-2-,5-3+. The molecular formula is C5H6Cl2. The zero-order valence-corrected chi connectivity index (χ0v) is 5.50. The molecule has 0 atom stereocenters. The summed E-state index contributed by atoms with van der Waals surface area (Å²) in [6.45, 7) is 1.79. The average molecular weight is 137 g/mol. The minimum absolute atomic E-state index is 0.733. The second kappa shape index (κ2) is 4.23. The first kappa shape index (κ1) is 7.06. The van der Waals surface area contributed by atoms with E-state index in [0.717, 1.165) is 5.03 Å². The molecule has 0 spiro atoms. The van der Waals surface area contributed by atoms with E-state index in [1.165, 1.54) is 5.54 Å². The summed E-state index contributed by atoms with van der Waals surface area (Å²) in [6.07, 6.45) is 3.39.